The molecule has 1 heterocycles. The van der Waals surface area contributed by atoms with Crippen LogP contribution in [0.2, 0.25) is 10.0 Å². The van der Waals surface area contributed by atoms with Crippen molar-refractivity contribution < 1.29 is 24.9 Å². The quantitative estimate of drug-likeness (QED) is 0.281. The summed E-state index contributed by atoms with van der Waals surface area (Å²) in [5.74, 6) is -2.89. The van der Waals surface area contributed by atoms with Crippen molar-refractivity contribution >= 4 is 46.5 Å². The largest absolute Gasteiger partial charge is 0.504 e. The highest BCUT2D eigenvalue weighted by Gasteiger charge is 2.47. The molecule has 5 N–H and O–H groups in total. The number of aromatic carboxylic acids is 1. The number of halogens is 2. The van der Waals surface area contributed by atoms with Crippen LogP contribution in [-0.2, 0) is 16.8 Å². The van der Waals surface area contributed by atoms with Crippen LogP contribution in [0.15, 0.2) is 54.6 Å². The van der Waals surface area contributed by atoms with Gasteiger partial charge in [-0.25, -0.2) is 4.79 Å². The number of carbonyl (C=O) groups excluding carboxylic acids is 1. The number of rotatable bonds is 5. The zero-order valence-corrected chi connectivity index (χ0v) is 17.3. The Morgan fingerprint density at radius 3 is 2.42 bits per heavy atom. The van der Waals surface area contributed by atoms with Crippen molar-refractivity contribution in [3.05, 3.63) is 81.3 Å². The van der Waals surface area contributed by atoms with Gasteiger partial charge in [0.2, 0.25) is 0 Å². The summed E-state index contributed by atoms with van der Waals surface area (Å²) in [6.07, 6.45) is 0.120. The number of anilines is 2. The van der Waals surface area contributed by atoms with E-state index < -0.39 is 28.9 Å². The first-order valence-corrected chi connectivity index (χ1v) is 9.88. The molecule has 3 aromatic carbocycles. The van der Waals surface area contributed by atoms with E-state index in [-0.39, 0.29) is 17.7 Å². The summed E-state index contributed by atoms with van der Waals surface area (Å²) in [7, 11) is 0. The number of carboxylic acids is 1. The smallest absolute Gasteiger partial charge is 0.337 e. The van der Waals surface area contributed by atoms with E-state index in [4.69, 9.17) is 23.2 Å². The van der Waals surface area contributed by atoms with Crippen molar-refractivity contribution in [3.63, 3.8) is 0 Å². The van der Waals surface area contributed by atoms with E-state index in [9.17, 15) is 24.9 Å². The Kier molecular flexibility index (Phi) is 5.16. The number of phenolic OH excluding ortho intramolecular Hbond substituents is 2. The molecule has 0 saturated heterocycles. The number of fused-ring (bicyclic) bond motifs is 1. The zero-order valence-electron chi connectivity index (χ0n) is 15.8. The molecule has 7 nitrogen and oxygen atoms in total. The summed E-state index contributed by atoms with van der Waals surface area (Å²) in [6.45, 7) is 0. The molecule has 1 aliphatic rings. The minimum Gasteiger partial charge on any atom is -0.504 e. The van der Waals surface area contributed by atoms with Crippen LogP contribution in [0.4, 0.5) is 11.4 Å². The van der Waals surface area contributed by atoms with Crippen molar-refractivity contribution in [1.29, 1.82) is 0 Å². The molecule has 4 rings (SSSR count). The fourth-order valence-corrected chi connectivity index (χ4v) is 4.11. The van der Waals surface area contributed by atoms with E-state index in [2.05, 4.69) is 10.6 Å². The van der Waals surface area contributed by atoms with Gasteiger partial charge in [-0.2, -0.15) is 0 Å². The molecule has 31 heavy (non-hydrogen) atoms. The van der Waals surface area contributed by atoms with Gasteiger partial charge in [-0.05, 0) is 29.8 Å². The van der Waals surface area contributed by atoms with E-state index in [1.807, 2.05) is 0 Å². The Hall–Kier alpha value is -3.42. The topological polar surface area (TPSA) is 119 Å². The molecule has 3 aromatic rings. The molecule has 0 spiro atoms. The van der Waals surface area contributed by atoms with E-state index in [1.54, 1.807) is 42.5 Å². The van der Waals surface area contributed by atoms with Gasteiger partial charge < -0.3 is 26.0 Å². The van der Waals surface area contributed by atoms with Gasteiger partial charge in [0, 0.05) is 39.8 Å². The third-order valence-corrected chi connectivity index (χ3v) is 5.60. The van der Waals surface area contributed by atoms with Crippen molar-refractivity contribution in [2.75, 3.05) is 10.6 Å². The van der Waals surface area contributed by atoms with Crippen LogP contribution in [0.25, 0.3) is 0 Å². The average molecular weight is 459 g/mol. The molecule has 1 aliphatic heterocycles. The first kappa shape index (κ1) is 20.8. The molecule has 1 atom stereocenters. The molecule has 0 radical (unpaired) electrons. The first-order chi connectivity index (χ1) is 14.7. The Labute approximate surface area is 186 Å². The van der Waals surface area contributed by atoms with Crippen molar-refractivity contribution in [3.8, 4) is 11.5 Å². The third-order valence-electron chi connectivity index (χ3n) is 5.13. The molecule has 1 unspecified atom stereocenters. The third kappa shape index (κ3) is 3.73. The standard InChI is InChI=1S/C22H16Cl2N2O5/c23-12-3-1-2-11(6-12)10-22(15-5-4-13(24)7-17(15)25-21(22)31)26-16-9-19(28)18(27)8-14(16)20(29)30/h1-9,26-28H,10H2,(H,25,31)(H,29,30). The number of carboxylic acid groups (broad SMARTS) is 1. The molecule has 0 fully saturated rings. The lowest BCUT2D eigenvalue weighted by atomic mass is 9.84. The molecular formula is C22H16Cl2N2O5. The summed E-state index contributed by atoms with van der Waals surface area (Å²) < 4.78 is 0. The van der Waals surface area contributed by atoms with Crippen LogP contribution in [0.1, 0.15) is 21.5 Å². The second kappa shape index (κ2) is 7.68. The van der Waals surface area contributed by atoms with Gasteiger partial charge in [0.15, 0.2) is 11.5 Å². The fraction of sp³-hybridized carbons (Fsp3) is 0.0909. The molecule has 1 amide bonds. The average Bonchev–Trinajstić information content (AvgIpc) is 2.94. The Morgan fingerprint density at radius 2 is 1.71 bits per heavy atom. The molecule has 0 aliphatic carbocycles. The normalized spacial score (nSPS) is 17.2. The number of aromatic hydroxyl groups is 2. The second-order valence-electron chi connectivity index (χ2n) is 7.17. The van der Waals surface area contributed by atoms with E-state index >= 15 is 0 Å². The van der Waals surface area contributed by atoms with Gasteiger partial charge in [-0.1, -0.05) is 41.4 Å². The summed E-state index contributed by atoms with van der Waals surface area (Å²) in [6, 6.07) is 13.8. The maximum Gasteiger partial charge on any atom is 0.337 e. The summed E-state index contributed by atoms with van der Waals surface area (Å²) >= 11 is 12.2. The lowest BCUT2D eigenvalue weighted by Crippen LogP contribution is -2.44. The maximum atomic E-state index is 13.3. The van der Waals surface area contributed by atoms with Crippen LogP contribution in [0.5, 0.6) is 11.5 Å². The number of benzene rings is 3. The van der Waals surface area contributed by atoms with Gasteiger partial charge in [-0.3, -0.25) is 4.79 Å². The summed E-state index contributed by atoms with van der Waals surface area (Å²) in [5, 5.41) is 36.0. The van der Waals surface area contributed by atoms with Gasteiger partial charge in [0.1, 0.15) is 5.54 Å². The van der Waals surface area contributed by atoms with Gasteiger partial charge in [0.25, 0.3) is 5.91 Å². The molecule has 0 saturated carbocycles. The zero-order chi connectivity index (χ0) is 22.3. The van der Waals surface area contributed by atoms with Crippen molar-refractivity contribution in [2.45, 2.75) is 12.0 Å². The molecule has 0 bridgehead atoms. The van der Waals surface area contributed by atoms with Crippen LogP contribution in [0.3, 0.4) is 0 Å². The second-order valence-corrected chi connectivity index (χ2v) is 8.05. The highest BCUT2D eigenvalue weighted by molar-refractivity contribution is 6.31. The van der Waals surface area contributed by atoms with E-state index in [0.29, 0.717) is 21.3 Å². The Bertz CT molecular complexity index is 1230. The monoisotopic (exact) mass is 458 g/mol. The molecular weight excluding hydrogens is 443 g/mol. The van der Waals surface area contributed by atoms with Crippen LogP contribution in [0, 0.1) is 0 Å². The number of carbonyl (C=O) groups is 2. The van der Waals surface area contributed by atoms with Gasteiger partial charge >= 0.3 is 5.97 Å². The first-order valence-electron chi connectivity index (χ1n) is 9.13. The van der Waals surface area contributed by atoms with E-state index in [1.165, 1.54) is 0 Å². The van der Waals surface area contributed by atoms with Crippen LogP contribution >= 0.6 is 23.2 Å². The number of phenols is 2. The number of hydrogen-bond donors (Lipinski definition) is 5. The van der Waals surface area contributed by atoms with Crippen molar-refractivity contribution in [1.82, 2.24) is 0 Å². The molecule has 158 valence electrons. The van der Waals surface area contributed by atoms with Gasteiger partial charge in [0.05, 0.1) is 11.3 Å². The van der Waals surface area contributed by atoms with Crippen LogP contribution in [-0.4, -0.2) is 27.2 Å². The minimum absolute atomic E-state index is 0.0391. The highest BCUT2D eigenvalue weighted by atomic mass is 35.5. The summed E-state index contributed by atoms with van der Waals surface area (Å²) in [4.78, 5) is 25.1. The summed E-state index contributed by atoms with van der Waals surface area (Å²) in [5.41, 5.74) is -0.0349. The fourth-order valence-electron chi connectivity index (χ4n) is 3.73. The predicted molar refractivity (Wildman–Crippen MR) is 117 cm³/mol. The van der Waals surface area contributed by atoms with Gasteiger partial charge in [-0.15, -0.1) is 0 Å². The Balaban J connectivity index is 1.91. The minimum atomic E-state index is -1.43. The van der Waals surface area contributed by atoms with Crippen LogP contribution < -0.4 is 10.6 Å². The number of nitrogens with one attached hydrogen (secondary N) is 2. The lowest BCUT2D eigenvalue weighted by Gasteiger charge is -2.31. The number of amides is 1. The highest BCUT2D eigenvalue weighted by Crippen LogP contribution is 2.44. The molecule has 9 heteroatoms. The number of hydrogen-bond acceptors (Lipinski definition) is 5. The van der Waals surface area contributed by atoms with E-state index in [0.717, 1.165) is 17.7 Å². The van der Waals surface area contributed by atoms with Crippen molar-refractivity contribution in [2.24, 2.45) is 0 Å². The predicted octanol–water partition coefficient (Wildman–Crippen LogP) is 4.61. The lowest BCUT2D eigenvalue weighted by molar-refractivity contribution is -0.119. The SMILES string of the molecule is O=C(O)c1cc(O)c(O)cc1NC1(Cc2cccc(Cl)c2)C(=O)Nc2cc(Cl)ccc21. The maximum absolute atomic E-state index is 13.3. The Morgan fingerprint density at radius 1 is 1.00 bits per heavy atom. The molecule has 0 aromatic heterocycles.